The summed E-state index contributed by atoms with van der Waals surface area (Å²) < 4.78 is 27.1. The smallest absolute Gasteiger partial charge is 0.251 e. The molecule has 2 rings (SSSR count). The van der Waals surface area contributed by atoms with Gasteiger partial charge in [0.05, 0.1) is 4.90 Å². The highest BCUT2D eigenvalue weighted by atomic mass is 32.2. The van der Waals surface area contributed by atoms with Crippen molar-refractivity contribution < 1.29 is 13.2 Å². The average molecular weight is 381 g/mol. The van der Waals surface area contributed by atoms with Crippen LogP contribution in [0.3, 0.4) is 0 Å². The molecule has 1 saturated carbocycles. The minimum absolute atomic E-state index is 0.203. The summed E-state index contributed by atoms with van der Waals surface area (Å²) >= 11 is 0. The fraction of sp³-hybridized carbons (Fsp3) is 0.650. The Morgan fingerprint density at radius 3 is 2.46 bits per heavy atom. The van der Waals surface area contributed by atoms with E-state index < -0.39 is 10.0 Å². The number of hydrogen-bond acceptors (Lipinski definition) is 3. The van der Waals surface area contributed by atoms with E-state index in [4.69, 9.17) is 0 Å². The Bertz CT molecular complexity index is 752. The first kappa shape index (κ1) is 20.9. The van der Waals surface area contributed by atoms with Gasteiger partial charge in [0, 0.05) is 25.2 Å². The van der Waals surface area contributed by atoms with Crippen molar-refractivity contribution in [3.63, 3.8) is 0 Å². The van der Waals surface area contributed by atoms with Crippen molar-refractivity contribution in [3.8, 4) is 0 Å². The van der Waals surface area contributed by atoms with Crippen LogP contribution in [0.1, 0.15) is 62.9 Å². The maximum atomic E-state index is 12.8. The molecule has 1 aliphatic rings. The summed E-state index contributed by atoms with van der Waals surface area (Å²) in [7, 11) is -3.58. The van der Waals surface area contributed by atoms with Crippen LogP contribution in [0.25, 0.3) is 0 Å². The molecule has 146 valence electrons. The van der Waals surface area contributed by atoms with Gasteiger partial charge in [0.15, 0.2) is 0 Å². The normalized spacial score (nSPS) is 19.7. The minimum Gasteiger partial charge on any atom is -0.352 e. The first-order chi connectivity index (χ1) is 12.1. The molecule has 1 fully saturated rings. The summed E-state index contributed by atoms with van der Waals surface area (Å²) in [5.41, 5.74) is 1.41. The number of nitrogens with zero attached hydrogens (tertiary/aromatic N) is 1. The highest BCUT2D eigenvalue weighted by molar-refractivity contribution is 7.89. The molecule has 0 radical (unpaired) electrons. The predicted molar refractivity (Wildman–Crippen MR) is 105 cm³/mol. The number of benzene rings is 1. The molecule has 26 heavy (non-hydrogen) atoms. The van der Waals surface area contributed by atoms with Gasteiger partial charge in [-0.1, -0.05) is 33.8 Å². The van der Waals surface area contributed by atoms with Crippen molar-refractivity contribution in [2.24, 2.45) is 11.3 Å². The lowest BCUT2D eigenvalue weighted by Gasteiger charge is -2.20. The van der Waals surface area contributed by atoms with Crippen molar-refractivity contribution >= 4 is 15.9 Å². The van der Waals surface area contributed by atoms with Crippen LogP contribution < -0.4 is 5.32 Å². The van der Waals surface area contributed by atoms with Gasteiger partial charge in [-0.25, -0.2) is 8.42 Å². The molecule has 1 N–H and O–H groups in total. The van der Waals surface area contributed by atoms with E-state index in [0.717, 1.165) is 12.8 Å². The summed E-state index contributed by atoms with van der Waals surface area (Å²) in [4.78, 5) is 12.8. The lowest BCUT2D eigenvalue weighted by molar-refractivity contribution is 0.0946. The van der Waals surface area contributed by atoms with Crippen LogP contribution in [-0.2, 0) is 10.0 Å². The van der Waals surface area contributed by atoms with E-state index in [1.54, 1.807) is 19.1 Å². The Morgan fingerprint density at radius 2 is 1.92 bits per heavy atom. The maximum absolute atomic E-state index is 12.8. The van der Waals surface area contributed by atoms with Crippen LogP contribution in [0, 0.1) is 18.3 Å². The van der Waals surface area contributed by atoms with E-state index in [2.05, 4.69) is 19.2 Å². The molecule has 1 aromatic carbocycles. The van der Waals surface area contributed by atoms with Gasteiger partial charge in [0.1, 0.15) is 0 Å². The zero-order valence-electron chi connectivity index (χ0n) is 16.6. The van der Waals surface area contributed by atoms with Crippen LogP contribution in [0.5, 0.6) is 0 Å². The molecule has 0 saturated heterocycles. The first-order valence-corrected chi connectivity index (χ1v) is 10.9. The van der Waals surface area contributed by atoms with E-state index in [0.29, 0.717) is 42.1 Å². The van der Waals surface area contributed by atoms with Crippen molar-refractivity contribution in [2.75, 3.05) is 19.6 Å². The molecule has 5 nitrogen and oxygen atoms in total. The first-order valence-electron chi connectivity index (χ1n) is 9.49. The minimum atomic E-state index is -3.58. The van der Waals surface area contributed by atoms with Crippen molar-refractivity contribution in [1.82, 2.24) is 9.62 Å². The van der Waals surface area contributed by atoms with Crippen LogP contribution in [0.4, 0.5) is 0 Å². The van der Waals surface area contributed by atoms with Gasteiger partial charge in [-0.05, 0) is 55.2 Å². The number of carbonyl (C=O) groups is 1. The zero-order chi connectivity index (χ0) is 19.5. The molecule has 0 spiro atoms. The zero-order valence-corrected chi connectivity index (χ0v) is 17.4. The van der Waals surface area contributed by atoms with Crippen molar-refractivity contribution in [1.29, 1.82) is 0 Å². The molecule has 1 atom stereocenters. The van der Waals surface area contributed by atoms with E-state index in [9.17, 15) is 13.2 Å². The van der Waals surface area contributed by atoms with E-state index >= 15 is 0 Å². The Labute approximate surface area is 158 Å². The van der Waals surface area contributed by atoms with E-state index in [1.165, 1.54) is 16.8 Å². The van der Waals surface area contributed by atoms with Gasteiger partial charge in [-0.3, -0.25) is 4.79 Å². The Kier molecular flexibility index (Phi) is 6.51. The molecular weight excluding hydrogens is 348 g/mol. The van der Waals surface area contributed by atoms with Gasteiger partial charge in [0.25, 0.3) is 5.91 Å². The molecule has 1 aromatic rings. The lowest BCUT2D eigenvalue weighted by Crippen LogP contribution is -2.32. The van der Waals surface area contributed by atoms with Gasteiger partial charge in [-0.15, -0.1) is 0 Å². The molecule has 0 heterocycles. The fourth-order valence-corrected chi connectivity index (χ4v) is 5.52. The van der Waals surface area contributed by atoms with Crippen LogP contribution in [0.15, 0.2) is 23.1 Å². The number of hydrogen-bond donors (Lipinski definition) is 1. The third-order valence-electron chi connectivity index (χ3n) is 5.40. The number of rotatable bonds is 7. The summed E-state index contributed by atoms with van der Waals surface area (Å²) in [5.74, 6) is 0.295. The molecule has 0 aliphatic heterocycles. The Balaban J connectivity index is 2.14. The van der Waals surface area contributed by atoms with Gasteiger partial charge in [0.2, 0.25) is 10.0 Å². The molecule has 1 amide bonds. The highest BCUT2D eigenvalue weighted by Crippen LogP contribution is 2.40. The van der Waals surface area contributed by atoms with Gasteiger partial charge < -0.3 is 5.32 Å². The molecular formula is C20H32N2O3S. The molecule has 0 bridgehead atoms. The van der Waals surface area contributed by atoms with Crippen molar-refractivity contribution in [3.05, 3.63) is 29.3 Å². The number of aryl methyl sites for hydroxylation is 1. The highest BCUT2D eigenvalue weighted by Gasteiger charge is 2.31. The summed E-state index contributed by atoms with van der Waals surface area (Å²) in [6.45, 7) is 11.4. The summed E-state index contributed by atoms with van der Waals surface area (Å²) in [6, 6.07) is 4.92. The summed E-state index contributed by atoms with van der Waals surface area (Å²) in [6.07, 6.45) is 3.43. The average Bonchev–Trinajstić information content (AvgIpc) is 2.92. The van der Waals surface area contributed by atoms with Crippen LogP contribution >= 0.6 is 0 Å². The van der Waals surface area contributed by atoms with E-state index in [-0.39, 0.29) is 10.8 Å². The Hall–Kier alpha value is -1.40. The monoisotopic (exact) mass is 380 g/mol. The Morgan fingerprint density at radius 1 is 1.27 bits per heavy atom. The topological polar surface area (TPSA) is 66.5 Å². The maximum Gasteiger partial charge on any atom is 0.251 e. The fourth-order valence-electron chi connectivity index (χ4n) is 3.82. The summed E-state index contributed by atoms with van der Waals surface area (Å²) in [5, 5.41) is 2.99. The molecule has 1 unspecified atom stereocenters. The van der Waals surface area contributed by atoms with E-state index in [1.807, 2.05) is 13.8 Å². The van der Waals surface area contributed by atoms with Crippen LogP contribution in [0.2, 0.25) is 0 Å². The third kappa shape index (κ3) is 4.65. The SMILES string of the molecule is CCN(CC)S(=O)(=O)c1cc(C(=O)NCC2CCC(C)(C)C2)ccc1C. The quantitative estimate of drug-likeness (QED) is 0.786. The number of sulfonamides is 1. The molecule has 6 heteroatoms. The van der Waals surface area contributed by atoms with Gasteiger partial charge in [-0.2, -0.15) is 4.31 Å². The second-order valence-electron chi connectivity index (χ2n) is 8.05. The lowest BCUT2D eigenvalue weighted by atomic mass is 9.90. The predicted octanol–water partition coefficient (Wildman–Crippen LogP) is 3.58. The standard InChI is InChI=1S/C20H32N2O3S/c1-6-22(7-2)26(24,25)18-12-17(9-8-15(18)3)19(23)21-14-16-10-11-20(4,5)13-16/h8-9,12,16H,6-7,10-11,13-14H2,1-5H3,(H,21,23). The number of carbonyl (C=O) groups excluding carboxylic acids is 1. The molecule has 1 aliphatic carbocycles. The van der Waals surface area contributed by atoms with Crippen LogP contribution in [-0.4, -0.2) is 38.3 Å². The van der Waals surface area contributed by atoms with Gasteiger partial charge >= 0.3 is 0 Å². The largest absolute Gasteiger partial charge is 0.352 e. The molecule has 0 aromatic heterocycles. The number of amides is 1. The second-order valence-corrected chi connectivity index (χ2v) is 9.96. The number of nitrogens with one attached hydrogen (secondary N) is 1. The second kappa shape index (κ2) is 8.09. The third-order valence-corrected chi connectivity index (χ3v) is 7.59. The van der Waals surface area contributed by atoms with Crippen molar-refractivity contribution in [2.45, 2.75) is 58.8 Å².